The van der Waals surface area contributed by atoms with Crippen LogP contribution in [0.15, 0.2) is 47.0 Å². The van der Waals surface area contributed by atoms with Crippen LogP contribution in [0.4, 0.5) is 0 Å². The summed E-state index contributed by atoms with van der Waals surface area (Å²) in [5.74, 6) is -0.150. The van der Waals surface area contributed by atoms with Gasteiger partial charge in [0, 0.05) is 15.4 Å². The fourth-order valence-electron chi connectivity index (χ4n) is 2.44. The SMILES string of the molecule is CC(NC(=O)Cc1noc2ccccc12)c1ccc(Cl)cc1Cl. The first kappa shape index (κ1) is 15.8. The molecule has 0 bridgehead atoms. The number of carbonyl (C=O) groups is 1. The van der Waals surface area contributed by atoms with E-state index in [1.165, 1.54) is 0 Å². The van der Waals surface area contributed by atoms with Gasteiger partial charge >= 0.3 is 0 Å². The summed E-state index contributed by atoms with van der Waals surface area (Å²) in [6.07, 6.45) is 0.145. The van der Waals surface area contributed by atoms with Gasteiger partial charge in [-0.3, -0.25) is 4.79 Å². The van der Waals surface area contributed by atoms with Crippen LogP contribution in [0.1, 0.15) is 24.2 Å². The Bertz CT molecular complexity index is 861. The van der Waals surface area contributed by atoms with Crippen LogP contribution in [0.3, 0.4) is 0 Å². The van der Waals surface area contributed by atoms with Gasteiger partial charge < -0.3 is 9.84 Å². The molecule has 0 fully saturated rings. The van der Waals surface area contributed by atoms with Gasteiger partial charge in [-0.05, 0) is 36.8 Å². The molecule has 1 unspecified atom stereocenters. The van der Waals surface area contributed by atoms with E-state index >= 15 is 0 Å². The molecule has 4 nitrogen and oxygen atoms in total. The number of carbonyl (C=O) groups excluding carboxylic acids is 1. The second kappa shape index (κ2) is 6.60. The average molecular weight is 349 g/mol. The predicted octanol–water partition coefficient (Wildman–Crippen LogP) is 4.55. The minimum atomic E-state index is -0.231. The highest BCUT2D eigenvalue weighted by Gasteiger charge is 2.16. The van der Waals surface area contributed by atoms with Gasteiger partial charge in [-0.2, -0.15) is 0 Å². The van der Waals surface area contributed by atoms with E-state index in [1.54, 1.807) is 18.2 Å². The fraction of sp³-hybridized carbons (Fsp3) is 0.176. The Labute approximate surface area is 143 Å². The van der Waals surface area contributed by atoms with E-state index < -0.39 is 0 Å². The molecule has 1 atom stereocenters. The molecule has 118 valence electrons. The Kier molecular flexibility index (Phi) is 4.55. The van der Waals surface area contributed by atoms with E-state index in [1.807, 2.05) is 31.2 Å². The second-order valence-electron chi connectivity index (χ2n) is 5.26. The lowest BCUT2D eigenvalue weighted by atomic mass is 10.1. The van der Waals surface area contributed by atoms with Gasteiger partial charge in [-0.15, -0.1) is 0 Å². The molecule has 0 saturated heterocycles. The van der Waals surface area contributed by atoms with Crippen LogP contribution in [0.2, 0.25) is 10.0 Å². The van der Waals surface area contributed by atoms with Crippen molar-refractivity contribution in [1.82, 2.24) is 10.5 Å². The van der Waals surface area contributed by atoms with Crippen LogP contribution in [0.25, 0.3) is 11.0 Å². The number of hydrogen-bond donors (Lipinski definition) is 1. The number of aromatic nitrogens is 1. The molecule has 1 amide bonds. The third kappa shape index (κ3) is 3.49. The molecule has 0 aliphatic heterocycles. The van der Waals surface area contributed by atoms with Gasteiger partial charge in [0.1, 0.15) is 5.69 Å². The van der Waals surface area contributed by atoms with Crippen molar-refractivity contribution in [2.75, 3.05) is 0 Å². The number of rotatable bonds is 4. The maximum absolute atomic E-state index is 12.3. The lowest BCUT2D eigenvalue weighted by Gasteiger charge is -2.15. The van der Waals surface area contributed by atoms with Crippen molar-refractivity contribution in [3.8, 4) is 0 Å². The van der Waals surface area contributed by atoms with E-state index in [-0.39, 0.29) is 18.4 Å². The van der Waals surface area contributed by atoms with Gasteiger partial charge in [0.15, 0.2) is 5.58 Å². The maximum Gasteiger partial charge on any atom is 0.226 e. The van der Waals surface area contributed by atoms with Crippen molar-refractivity contribution in [2.24, 2.45) is 0 Å². The third-order valence-electron chi connectivity index (χ3n) is 3.59. The Morgan fingerprint density at radius 1 is 1.26 bits per heavy atom. The molecule has 1 heterocycles. The molecule has 23 heavy (non-hydrogen) atoms. The van der Waals surface area contributed by atoms with Gasteiger partial charge in [-0.25, -0.2) is 0 Å². The third-order valence-corrected chi connectivity index (χ3v) is 4.15. The summed E-state index contributed by atoms with van der Waals surface area (Å²) in [7, 11) is 0. The van der Waals surface area contributed by atoms with Gasteiger partial charge in [-0.1, -0.05) is 46.6 Å². The number of benzene rings is 2. The lowest BCUT2D eigenvalue weighted by Crippen LogP contribution is -2.28. The molecule has 0 saturated carbocycles. The summed E-state index contributed by atoms with van der Waals surface area (Å²) >= 11 is 12.1. The molecule has 0 aliphatic carbocycles. The monoisotopic (exact) mass is 348 g/mol. The van der Waals surface area contributed by atoms with Crippen molar-refractivity contribution < 1.29 is 9.32 Å². The zero-order valence-corrected chi connectivity index (χ0v) is 13.9. The zero-order chi connectivity index (χ0) is 16.4. The first-order chi connectivity index (χ1) is 11.0. The van der Waals surface area contributed by atoms with E-state index in [4.69, 9.17) is 27.7 Å². The Morgan fingerprint density at radius 3 is 2.83 bits per heavy atom. The first-order valence-electron chi connectivity index (χ1n) is 7.12. The summed E-state index contributed by atoms with van der Waals surface area (Å²) in [6.45, 7) is 1.87. The van der Waals surface area contributed by atoms with Gasteiger partial charge in [0.2, 0.25) is 5.91 Å². The average Bonchev–Trinajstić information content (AvgIpc) is 2.90. The van der Waals surface area contributed by atoms with Crippen molar-refractivity contribution in [1.29, 1.82) is 0 Å². The molecule has 2 aromatic carbocycles. The van der Waals surface area contributed by atoms with Crippen molar-refractivity contribution in [3.05, 3.63) is 63.8 Å². The summed E-state index contributed by atoms with van der Waals surface area (Å²) in [4.78, 5) is 12.3. The topological polar surface area (TPSA) is 55.1 Å². The second-order valence-corrected chi connectivity index (χ2v) is 6.10. The van der Waals surface area contributed by atoms with Crippen LogP contribution < -0.4 is 5.32 Å². The number of halogens is 2. The Hall–Kier alpha value is -2.04. The molecule has 3 aromatic rings. The lowest BCUT2D eigenvalue weighted by molar-refractivity contribution is -0.121. The number of fused-ring (bicyclic) bond motifs is 1. The van der Waals surface area contributed by atoms with E-state index in [0.717, 1.165) is 10.9 Å². The molecule has 3 rings (SSSR count). The maximum atomic E-state index is 12.3. The van der Waals surface area contributed by atoms with Gasteiger partial charge in [0.05, 0.1) is 12.5 Å². The van der Waals surface area contributed by atoms with E-state index in [9.17, 15) is 4.79 Å². The van der Waals surface area contributed by atoms with Crippen LogP contribution in [-0.2, 0) is 11.2 Å². The molecule has 6 heteroatoms. The number of amides is 1. The summed E-state index contributed by atoms with van der Waals surface area (Å²) < 4.78 is 5.21. The normalized spacial score (nSPS) is 12.3. The minimum absolute atomic E-state index is 0.145. The van der Waals surface area contributed by atoms with Crippen molar-refractivity contribution in [3.63, 3.8) is 0 Å². The van der Waals surface area contributed by atoms with Gasteiger partial charge in [0.25, 0.3) is 0 Å². The molecular formula is C17H14Cl2N2O2. The van der Waals surface area contributed by atoms with Crippen molar-refractivity contribution >= 4 is 40.1 Å². The molecule has 0 spiro atoms. The minimum Gasteiger partial charge on any atom is -0.356 e. The number of nitrogens with one attached hydrogen (secondary N) is 1. The summed E-state index contributed by atoms with van der Waals surface area (Å²) in [6, 6.07) is 12.4. The highest BCUT2D eigenvalue weighted by molar-refractivity contribution is 6.35. The van der Waals surface area contributed by atoms with Crippen LogP contribution in [0.5, 0.6) is 0 Å². The fourth-order valence-corrected chi connectivity index (χ4v) is 3.01. The quantitative estimate of drug-likeness (QED) is 0.752. The van der Waals surface area contributed by atoms with E-state index in [2.05, 4.69) is 10.5 Å². The van der Waals surface area contributed by atoms with Crippen LogP contribution in [-0.4, -0.2) is 11.1 Å². The van der Waals surface area contributed by atoms with Crippen molar-refractivity contribution in [2.45, 2.75) is 19.4 Å². The Morgan fingerprint density at radius 2 is 2.04 bits per heavy atom. The zero-order valence-electron chi connectivity index (χ0n) is 12.3. The summed E-state index contributed by atoms with van der Waals surface area (Å²) in [5, 5.41) is 8.81. The number of para-hydroxylation sites is 1. The Balaban J connectivity index is 1.71. The summed E-state index contributed by atoms with van der Waals surface area (Å²) in [5.41, 5.74) is 2.10. The number of hydrogen-bond acceptors (Lipinski definition) is 3. The number of nitrogens with zero attached hydrogens (tertiary/aromatic N) is 1. The first-order valence-corrected chi connectivity index (χ1v) is 7.88. The molecular weight excluding hydrogens is 335 g/mol. The highest BCUT2D eigenvalue weighted by Crippen LogP contribution is 2.26. The standard InChI is InChI=1S/C17H14Cl2N2O2/c1-10(12-7-6-11(18)8-14(12)19)20-17(22)9-15-13-4-2-3-5-16(13)23-21-15/h2-8,10H,9H2,1H3,(H,20,22). The molecule has 1 N–H and O–H groups in total. The molecule has 1 aromatic heterocycles. The largest absolute Gasteiger partial charge is 0.356 e. The van der Waals surface area contributed by atoms with Crippen LogP contribution in [0, 0.1) is 0 Å². The van der Waals surface area contributed by atoms with E-state index in [0.29, 0.717) is 21.3 Å². The predicted molar refractivity (Wildman–Crippen MR) is 90.7 cm³/mol. The highest BCUT2D eigenvalue weighted by atomic mass is 35.5. The molecule has 0 aliphatic rings. The van der Waals surface area contributed by atoms with Crippen LogP contribution >= 0.6 is 23.2 Å². The molecule has 0 radical (unpaired) electrons. The smallest absolute Gasteiger partial charge is 0.226 e.